The molecule has 1 atom stereocenters. The first-order valence-electron chi connectivity index (χ1n) is 6.09. The van der Waals surface area contributed by atoms with Gasteiger partial charge in [0, 0.05) is 19.3 Å². The molecule has 1 aromatic heterocycles. The average molecular weight is 281 g/mol. The zero-order valence-corrected chi connectivity index (χ0v) is 11.2. The molecule has 1 aromatic rings. The van der Waals surface area contributed by atoms with Crippen LogP contribution in [0.5, 0.6) is 0 Å². The number of sulfonamides is 1. The number of hydrogen-bond donors (Lipinski definition) is 1. The molecule has 1 saturated heterocycles. The molecule has 6 nitrogen and oxygen atoms in total. The van der Waals surface area contributed by atoms with Gasteiger partial charge in [0.1, 0.15) is 16.7 Å². The summed E-state index contributed by atoms with van der Waals surface area (Å²) in [5, 5.41) is 8.60. The fourth-order valence-corrected chi connectivity index (χ4v) is 2.91. The zero-order valence-electron chi connectivity index (χ0n) is 10.4. The summed E-state index contributed by atoms with van der Waals surface area (Å²) in [5.41, 5.74) is 0.193. The van der Waals surface area contributed by atoms with Crippen molar-refractivity contribution in [3.63, 3.8) is 0 Å². The molecule has 0 amide bonds. The highest BCUT2D eigenvalue weighted by atomic mass is 32.2. The lowest BCUT2D eigenvalue weighted by atomic mass is 10.2. The van der Waals surface area contributed by atoms with Gasteiger partial charge in [-0.1, -0.05) is 0 Å². The van der Waals surface area contributed by atoms with Crippen LogP contribution in [0.3, 0.4) is 0 Å². The summed E-state index contributed by atoms with van der Waals surface area (Å²) in [6.45, 7) is 1.10. The van der Waals surface area contributed by atoms with Crippen LogP contribution in [0.2, 0.25) is 0 Å². The number of nitrogens with one attached hydrogen (secondary N) is 1. The Balaban J connectivity index is 1.91. The normalized spacial score (nSPS) is 19.2. The van der Waals surface area contributed by atoms with E-state index in [1.807, 2.05) is 6.07 Å². The van der Waals surface area contributed by atoms with E-state index in [-0.39, 0.29) is 16.7 Å². The van der Waals surface area contributed by atoms with Crippen molar-refractivity contribution < 1.29 is 13.2 Å². The van der Waals surface area contributed by atoms with Crippen LogP contribution in [0.4, 0.5) is 0 Å². The lowest BCUT2D eigenvalue weighted by Gasteiger charge is -2.10. The monoisotopic (exact) mass is 281 g/mol. The summed E-state index contributed by atoms with van der Waals surface area (Å²) in [4.78, 5) is 3.81. The van der Waals surface area contributed by atoms with E-state index >= 15 is 0 Å². The van der Waals surface area contributed by atoms with Crippen LogP contribution in [0, 0.1) is 11.3 Å². The molecule has 1 aliphatic rings. The van der Waals surface area contributed by atoms with Crippen molar-refractivity contribution in [3.8, 4) is 6.07 Å². The van der Waals surface area contributed by atoms with E-state index in [0.717, 1.165) is 19.4 Å². The number of nitrogens with zero attached hydrogens (tertiary/aromatic N) is 2. The Morgan fingerprint density at radius 2 is 2.37 bits per heavy atom. The van der Waals surface area contributed by atoms with E-state index in [4.69, 9.17) is 10.00 Å². The molecular formula is C12H15N3O3S. The molecule has 0 bridgehead atoms. The first kappa shape index (κ1) is 13.9. The van der Waals surface area contributed by atoms with E-state index in [2.05, 4.69) is 9.71 Å². The highest BCUT2D eigenvalue weighted by Gasteiger charge is 2.18. The van der Waals surface area contributed by atoms with Gasteiger partial charge in [0.2, 0.25) is 10.0 Å². The zero-order chi connectivity index (χ0) is 13.7. The minimum Gasteiger partial charge on any atom is -0.378 e. The minimum absolute atomic E-state index is 0.0684. The maximum absolute atomic E-state index is 11.9. The Bertz CT molecular complexity index is 557. The third kappa shape index (κ3) is 3.73. The van der Waals surface area contributed by atoms with Crippen molar-refractivity contribution >= 4 is 10.0 Å². The Kier molecular flexibility index (Phi) is 4.47. The first-order chi connectivity index (χ1) is 9.12. The molecular weight excluding hydrogens is 266 g/mol. The Morgan fingerprint density at radius 3 is 2.95 bits per heavy atom. The summed E-state index contributed by atoms with van der Waals surface area (Å²) < 4.78 is 31.8. The molecule has 2 heterocycles. The maximum Gasteiger partial charge on any atom is 0.242 e. The van der Waals surface area contributed by atoms with Crippen LogP contribution < -0.4 is 4.72 Å². The van der Waals surface area contributed by atoms with Crippen LogP contribution in [-0.2, 0) is 14.8 Å². The largest absolute Gasteiger partial charge is 0.378 e. The smallest absolute Gasteiger partial charge is 0.242 e. The second-order valence-corrected chi connectivity index (χ2v) is 6.08. The van der Waals surface area contributed by atoms with Gasteiger partial charge in [-0.05, 0) is 31.4 Å². The molecule has 2 rings (SSSR count). The highest BCUT2D eigenvalue weighted by Crippen LogP contribution is 2.15. The van der Waals surface area contributed by atoms with Gasteiger partial charge in [-0.15, -0.1) is 0 Å². The summed E-state index contributed by atoms with van der Waals surface area (Å²) in [6, 6.07) is 4.60. The van der Waals surface area contributed by atoms with Crippen LogP contribution >= 0.6 is 0 Å². The predicted molar refractivity (Wildman–Crippen MR) is 67.7 cm³/mol. The highest BCUT2D eigenvalue weighted by molar-refractivity contribution is 7.89. The van der Waals surface area contributed by atoms with E-state index in [9.17, 15) is 8.42 Å². The predicted octanol–water partition coefficient (Wildman–Crippen LogP) is 0.801. The SMILES string of the molecule is N#Cc1ccc(S(=O)(=O)NCCC2CCCO2)cn1. The second kappa shape index (κ2) is 6.10. The average Bonchev–Trinajstić information content (AvgIpc) is 2.92. The van der Waals surface area contributed by atoms with E-state index in [1.165, 1.54) is 18.3 Å². The van der Waals surface area contributed by atoms with Gasteiger partial charge in [0.25, 0.3) is 0 Å². The van der Waals surface area contributed by atoms with E-state index in [1.54, 1.807) is 0 Å². The Hall–Kier alpha value is -1.49. The molecule has 0 saturated carbocycles. The number of nitriles is 1. The molecule has 1 fully saturated rings. The third-order valence-electron chi connectivity index (χ3n) is 2.94. The molecule has 7 heteroatoms. The number of hydrogen-bond acceptors (Lipinski definition) is 5. The lowest BCUT2D eigenvalue weighted by Crippen LogP contribution is -2.27. The Labute approximate surface area is 112 Å². The second-order valence-electron chi connectivity index (χ2n) is 4.31. The number of ether oxygens (including phenoxy) is 1. The van der Waals surface area contributed by atoms with Gasteiger partial charge in [-0.3, -0.25) is 0 Å². The van der Waals surface area contributed by atoms with Crippen molar-refractivity contribution in [2.45, 2.75) is 30.3 Å². The molecule has 0 radical (unpaired) electrons. The lowest BCUT2D eigenvalue weighted by molar-refractivity contribution is 0.105. The number of pyridine rings is 1. The number of aromatic nitrogens is 1. The van der Waals surface area contributed by atoms with Gasteiger partial charge in [0.05, 0.1) is 6.10 Å². The summed E-state index contributed by atoms with van der Waals surface area (Å²) >= 11 is 0. The van der Waals surface area contributed by atoms with Gasteiger partial charge in [0.15, 0.2) is 0 Å². The van der Waals surface area contributed by atoms with Crippen molar-refractivity contribution in [1.29, 1.82) is 5.26 Å². The first-order valence-corrected chi connectivity index (χ1v) is 7.57. The van der Waals surface area contributed by atoms with Crippen LogP contribution in [0.25, 0.3) is 0 Å². The molecule has 1 aliphatic heterocycles. The van der Waals surface area contributed by atoms with Crippen molar-refractivity contribution in [2.24, 2.45) is 0 Å². The van der Waals surface area contributed by atoms with Gasteiger partial charge in [-0.25, -0.2) is 18.1 Å². The molecule has 102 valence electrons. The standard InChI is InChI=1S/C12H15N3O3S/c13-8-10-3-4-12(9-14-10)19(16,17)15-6-5-11-2-1-7-18-11/h3-4,9,11,15H,1-2,5-7H2. The van der Waals surface area contributed by atoms with Crippen molar-refractivity contribution in [2.75, 3.05) is 13.2 Å². The summed E-state index contributed by atoms with van der Waals surface area (Å²) in [5.74, 6) is 0. The summed E-state index contributed by atoms with van der Waals surface area (Å²) in [6.07, 6.45) is 4.04. The third-order valence-corrected chi connectivity index (χ3v) is 4.39. The summed E-state index contributed by atoms with van der Waals surface area (Å²) in [7, 11) is -3.55. The van der Waals surface area contributed by atoms with Crippen LogP contribution in [0.15, 0.2) is 23.2 Å². The van der Waals surface area contributed by atoms with Crippen LogP contribution in [-0.4, -0.2) is 32.7 Å². The quantitative estimate of drug-likeness (QED) is 0.862. The number of rotatable bonds is 5. The molecule has 19 heavy (non-hydrogen) atoms. The van der Waals surface area contributed by atoms with E-state index in [0.29, 0.717) is 13.0 Å². The Morgan fingerprint density at radius 1 is 1.53 bits per heavy atom. The van der Waals surface area contributed by atoms with Gasteiger partial charge < -0.3 is 4.74 Å². The topological polar surface area (TPSA) is 92.1 Å². The van der Waals surface area contributed by atoms with Gasteiger partial charge in [-0.2, -0.15) is 5.26 Å². The van der Waals surface area contributed by atoms with Crippen molar-refractivity contribution in [1.82, 2.24) is 9.71 Å². The van der Waals surface area contributed by atoms with Crippen molar-refractivity contribution in [3.05, 3.63) is 24.0 Å². The fraction of sp³-hybridized carbons (Fsp3) is 0.500. The van der Waals surface area contributed by atoms with E-state index < -0.39 is 10.0 Å². The molecule has 1 unspecified atom stereocenters. The minimum atomic E-state index is -3.55. The maximum atomic E-state index is 11.9. The fourth-order valence-electron chi connectivity index (χ4n) is 1.92. The van der Waals surface area contributed by atoms with Crippen LogP contribution in [0.1, 0.15) is 25.0 Å². The molecule has 0 spiro atoms. The molecule has 0 aromatic carbocycles. The van der Waals surface area contributed by atoms with Gasteiger partial charge >= 0.3 is 0 Å². The molecule has 0 aliphatic carbocycles. The molecule has 1 N–H and O–H groups in total.